The van der Waals surface area contributed by atoms with Gasteiger partial charge < -0.3 is 4.74 Å². The molecule has 1 aromatic rings. The number of benzene rings is 1. The van der Waals surface area contributed by atoms with Crippen LogP contribution in [-0.4, -0.2) is 23.4 Å². The molecule has 1 atom stereocenters. The van der Waals surface area contributed by atoms with Crippen molar-refractivity contribution in [2.75, 3.05) is 13.2 Å². The van der Waals surface area contributed by atoms with E-state index in [0.29, 0.717) is 18.1 Å². The summed E-state index contributed by atoms with van der Waals surface area (Å²) in [5, 5.41) is 0. The number of rotatable bonds is 9. The maximum absolute atomic E-state index is 12.1. The Labute approximate surface area is 125 Å². The van der Waals surface area contributed by atoms with Gasteiger partial charge >= 0.3 is 5.97 Å². The number of unbranched alkanes of at least 4 members (excludes halogenated alkanes) is 3. The Bertz CT molecular complexity index is 497. The van der Waals surface area contributed by atoms with Gasteiger partial charge in [-0.2, -0.15) is 0 Å². The predicted molar refractivity (Wildman–Crippen MR) is 81.3 cm³/mol. The Balaban J connectivity index is 2.14. The van der Waals surface area contributed by atoms with Crippen molar-refractivity contribution >= 4 is 25.9 Å². The van der Waals surface area contributed by atoms with Crippen LogP contribution < -0.4 is 0 Å². The number of carbonyl (C=O) groups is 1. The maximum atomic E-state index is 12.1. The largest absolute Gasteiger partial charge is 0.466 e. The third kappa shape index (κ3) is 6.98. The van der Waals surface area contributed by atoms with Crippen LogP contribution in [0.2, 0.25) is 0 Å². The van der Waals surface area contributed by atoms with Crippen molar-refractivity contribution in [3.05, 3.63) is 30.3 Å². The minimum absolute atomic E-state index is 0.248. The summed E-state index contributed by atoms with van der Waals surface area (Å²) < 4.78 is 22.3. The predicted octanol–water partition coefficient (Wildman–Crippen LogP) is 2.85. The van der Waals surface area contributed by atoms with E-state index < -0.39 is 8.77 Å². The Kier molecular flexibility index (Phi) is 7.72. The molecule has 0 fully saturated rings. The first-order chi connectivity index (χ1) is 9.52. The van der Waals surface area contributed by atoms with Crippen molar-refractivity contribution in [3.8, 4) is 0 Å². The number of carbonyl (C=O) groups excluding carboxylic acids is 1. The van der Waals surface area contributed by atoms with E-state index in [-0.39, 0.29) is 5.97 Å². The second-order valence-corrected chi connectivity index (χ2v) is 7.28. The van der Waals surface area contributed by atoms with Crippen molar-refractivity contribution in [1.82, 2.24) is 0 Å². The highest BCUT2D eigenvalue weighted by Gasteiger charge is 2.09. The highest BCUT2D eigenvalue weighted by atomic mass is 32.8. The summed E-state index contributed by atoms with van der Waals surface area (Å²) in [7, 11) is -2.80. The van der Waals surface area contributed by atoms with E-state index in [0.717, 1.165) is 25.7 Å². The van der Waals surface area contributed by atoms with Crippen LogP contribution >= 0.6 is 0 Å². The first-order valence-electron chi connectivity index (χ1n) is 6.60. The SMILES string of the molecule is CC(=O)OCCCCCCOS(=O)(=S)c1ccccc1. The summed E-state index contributed by atoms with van der Waals surface area (Å²) >= 11 is 5.01. The summed E-state index contributed by atoms with van der Waals surface area (Å²) in [4.78, 5) is 11.1. The van der Waals surface area contributed by atoms with Crippen LogP contribution in [0.25, 0.3) is 0 Å². The fourth-order valence-electron chi connectivity index (χ4n) is 1.60. The highest BCUT2D eigenvalue weighted by Crippen LogP contribution is 2.13. The molecule has 1 aromatic carbocycles. The molecule has 0 amide bonds. The lowest BCUT2D eigenvalue weighted by atomic mass is 10.2. The quantitative estimate of drug-likeness (QED) is 0.518. The summed E-state index contributed by atoms with van der Waals surface area (Å²) in [5.74, 6) is -0.248. The number of hydrogen-bond acceptors (Lipinski definition) is 5. The lowest BCUT2D eigenvalue weighted by Gasteiger charge is -2.08. The smallest absolute Gasteiger partial charge is 0.302 e. The van der Waals surface area contributed by atoms with Crippen molar-refractivity contribution < 1.29 is 17.9 Å². The number of hydrogen-bond donors (Lipinski definition) is 0. The van der Waals surface area contributed by atoms with Gasteiger partial charge in [-0.1, -0.05) is 24.6 Å². The van der Waals surface area contributed by atoms with Gasteiger partial charge in [-0.15, -0.1) is 0 Å². The zero-order valence-corrected chi connectivity index (χ0v) is 13.2. The monoisotopic (exact) mass is 316 g/mol. The fraction of sp³-hybridized carbons (Fsp3) is 0.500. The topological polar surface area (TPSA) is 52.6 Å². The standard InChI is InChI=1S/C14H20O4S2/c1-13(15)17-11-7-2-3-8-12-18-20(16,19)14-9-5-4-6-10-14/h4-6,9-10H,2-3,7-8,11-12H2,1H3. The van der Waals surface area contributed by atoms with Crippen molar-refractivity contribution in [2.24, 2.45) is 0 Å². The fourth-order valence-corrected chi connectivity index (χ4v) is 3.10. The highest BCUT2D eigenvalue weighted by molar-refractivity contribution is 8.30. The van der Waals surface area contributed by atoms with Gasteiger partial charge in [0.25, 0.3) is 0 Å². The molecule has 0 spiro atoms. The molecular weight excluding hydrogens is 296 g/mol. The Hall–Kier alpha value is -0.980. The van der Waals surface area contributed by atoms with Crippen molar-refractivity contribution in [2.45, 2.75) is 37.5 Å². The van der Waals surface area contributed by atoms with E-state index in [1.165, 1.54) is 6.92 Å². The minimum atomic E-state index is -2.80. The zero-order valence-electron chi connectivity index (χ0n) is 11.6. The summed E-state index contributed by atoms with van der Waals surface area (Å²) in [6.07, 6.45) is 3.50. The molecule has 1 rings (SSSR count). The average molecular weight is 316 g/mol. The number of esters is 1. The molecule has 0 radical (unpaired) electrons. The second kappa shape index (κ2) is 9.05. The van der Waals surface area contributed by atoms with E-state index in [1.807, 2.05) is 6.07 Å². The van der Waals surface area contributed by atoms with Gasteiger partial charge in [0.15, 0.2) is 8.77 Å². The van der Waals surface area contributed by atoms with Crippen molar-refractivity contribution in [3.63, 3.8) is 0 Å². The van der Waals surface area contributed by atoms with Crippen LogP contribution in [0.1, 0.15) is 32.6 Å². The Morgan fingerprint density at radius 1 is 1.10 bits per heavy atom. The Morgan fingerprint density at radius 2 is 1.70 bits per heavy atom. The van der Waals surface area contributed by atoms with Gasteiger partial charge in [-0.3, -0.25) is 8.98 Å². The second-order valence-electron chi connectivity index (χ2n) is 4.34. The number of ether oxygens (including phenoxy) is 1. The molecule has 4 nitrogen and oxygen atoms in total. The lowest BCUT2D eigenvalue weighted by Crippen LogP contribution is -2.06. The summed E-state index contributed by atoms with van der Waals surface area (Å²) in [6, 6.07) is 8.86. The van der Waals surface area contributed by atoms with Crippen LogP contribution in [0.4, 0.5) is 0 Å². The molecule has 0 bridgehead atoms. The molecule has 0 aromatic heterocycles. The molecular formula is C14H20O4S2. The molecule has 6 heteroatoms. The molecule has 112 valence electrons. The van der Waals surface area contributed by atoms with Crippen LogP contribution in [0, 0.1) is 0 Å². The van der Waals surface area contributed by atoms with E-state index in [4.69, 9.17) is 20.1 Å². The van der Waals surface area contributed by atoms with Gasteiger partial charge in [0.05, 0.1) is 18.1 Å². The van der Waals surface area contributed by atoms with Gasteiger partial charge in [-0.25, -0.2) is 4.21 Å². The first-order valence-corrected chi connectivity index (χ1v) is 9.01. The minimum Gasteiger partial charge on any atom is -0.466 e. The van der Waals surface area contributed by atoms with E-state index >= 15 is 0 Å². The van der Waals surface area contributed by atoms with E-state index in [9.17, 15) is 9.00 Å². The van der Waals surface area contributed by atoms with E-state index in [1.54, 1.807) is 24.3 Å². The zero-order chi connectivity index (χ0) is 14.8. The maximum Gasteiger partial charge on any atom is 0.302 e. The molecule has 0 aliphatic heterocycles. The van der Waals surface area contributed by atoms with Gasteiger partial charge in [0, 0.05) is 18.1 Å². The van der Waals surface area contributed by atoms with Crippen molar-refractivity contribution in [1.29, 1.82) is 0 Å². The molecule has 0 heterocycles. The average Bonchev–Trinajstić information content (AvgIpc) is 2.42. The Morgan fingerprint density at radius 3 is 2.30 bits per heavy atom. The molecule has 20 heavy (non-hydrogen) atoms. The van der Waals surface area contributed by atoms with Gasteiger partial charge in [0.1, 0.15) is 0 Å². The lowest BCUT2D eigenvalue weighted by molar-refractivity contribution is -0.141. The molecule has 1 unspecified atom stereocenters. The van der Waals surface area contributed by atoms with Crippen LogP contribution in [0.3, 0.4) is 0 Å². The van der Waals surface area contributed by atoms with Gasteiger partial charge in [-0.05, 0) is 31.4 Å². The molecule has 0 aliphatic carbocycles. The molecule has 0 saturated carbocycles. The van der Waals surface area contributed by atoms with Gasteiger partial charge in [0.2, 0.25) is 0 Å². The molecule has 0 saturated heterocycles. The first kappa shape index (κ1) is 17.1. The molecule has 0 N–H and O–H groups in total. The normalized spacial score (nSPS) is 13.7. The van der Waals surface area contributed by atoms with Crippen LogP contribution in [0.15, 0.2) is 35.2 Å². The molecule has 0 aliphatic rings. The van der Waals surface area contributed by atoms with Crippen LogP contribution in [-0.2, 0) is 33.7 Å². The summed E-state index contributed by atoms with van der Waals surface area (Å²) in [5.41, 5.74) is 0. The van der Waals surface area contributed by atoms with E-state index in [2.05, 4.69) is 0 Å². The summed E-state index contributed by atoms with van der Waals surface area (Å²) in [6.45, 7) is 2.24. The third-order valence-corrected chi connectivity index (χ3v) is 4.81. The van der Waals surface area contributed by atoms with Crippen LogP contribution in [0.5, 0.6) is 0 Å². The third-order valence-electron chi connectivity index (χ3n) is 2.61.